The van der Waals surface area contributed by atoms with E-state index in [1.807, 2.05) is 56.3 Å². The van der Waals surface area contributed by atoms with Crippen molar-refractivity contribution >= 4 is 10.9 Å². The van der Waals surface area contributed by atoms with Crippen LogP contribution in [-0.2, 0) is 0 Å². The molecule has 0 atom stereocenters. The molecule has 2 aromatic carbocycles. The Bertz CT molecular complexity index is 701. The number of nitrogens with zero attached hydrogens (tertiary/aromatic N) is 1. The van der Waals surface area contributed by atoms with Gasteiger partial charge in [-0.05, 0) is 37.6 Å². The van der Waals surface area contributed by atoms with E-state index in [9.17, 15) is 0 Å². The van der Waals surface area contributed by atoms with Crippen molar-refractivity contribution in [3.63, 3.8) is 0 Å². The molecule has 0 saturated carbocycles. The van der Waals surface area contributed by atoms with Gasteiger partial charge >= 0.3 is 0 Å². The molecular weight excluding hydrogens is 224 g/mol. The first-order chi connectivity index (χ1) is 8.74. The van der Waals surface area contributed by atoms with Crippen molar-refractivity contribution in [1.82, 2.24) is 10.2 Å². The number of para-hydroxylation sites is 1. The Labute approximate surface area is 105 Å². The van der Waals surface area contributed by atoms with Crippen molar-refractivity contribution in [3.8, 4) is 11.5 Å². The Morgan fingerprint density at radius 2 is 1.89 bits per heavy atom. The second kappa shape index (κ2) is 4.18. The first-order valence-electron chi connectivity index (χ1n) is 5.92. The van der Waals surface area contributed by atoms with Gasteiger partial charge in [-0.15, -0.1) is 0 Å². The summed E-state index contributed by atoms with van der Waals surface area (Å²) >= 11 is 0. The van der Waals surface area contributed by atoms with Crippen molar-refractivity contribution in [2.45, 2.75) is 13.8 Å². The van der Waals surface area contributed by atoms with E-state index in [4.69, 9.17) is 4.74 Å². The van der Waals surface area contributed by atoms with Crippen LogP contribution < -0.4 is 4.74 Å². The van der Waals surface area contributed by atoms with Gasteiger partial charge in [-0.2, -0.15) is 5.10 Å². The average molecular weight is 238 g/mol. The third kappa shape index (κ3) is 1.84. The van der Waals surface area contributed by atoms with Crippen LogP contribution in [0, 0.1) is 13.8 Å². The van der Waals surface area contributed by atoms with Crippen LogP contribution in [0.5, 0.6) is 11.5 Å². The molecule has 0 unspecified atom stereocenters. The van der Waals surface area contributed by atoms with Gasteiger partial charge in [-0.3, -0.25) is 5.10 Å². The van der Waals surface area contributed by atoms with Crippen LogP contribution in [0.4, 0.5) is 0 Å². The van der Waals surface area contributed by atoms with Crippen LogP contribution in [-0.4, -0.2) is 10.2 Å². The zero-order valence-corrected chi connectivity index (χ0v) is 10.4. The molecule has 0 amide bonds. The largest absolute Gasteiger partial charge is 0.457 e. The van der Waals surface area contributed by atoms with Gasteiger partial charge in [0.25, 0.3) is 0 Å². The van der Waals surface area contributed by atoms with Crippen molar-refractivity contribution in [2.75, 3.05) is 0 Å². The standard InChI is InChI=1S/C15H14N2O/c1-10-5-3-4-6-15(10)18-12-7-8-13-11(2)16-17-14(13)9-12/h3-9H,1-2H3,(H,16,17). The minimum absolute atomic E-state index is 0.809. The minimum atomic E-state index is 0.809. The average Bonchev–Trinajstić information content (AvgIpc) is 2.74. The van der Waals surface area contributed by atoms with Crippen LogP contribution in [0.25, 0.3) is 10.9 Å². The normalized spacial score (nSPS) is 10.8. The van der Waals surface area contributed by atoms with E-state index in [0.29, 0.717) is 0 Å². The molecule has 1 aromatic heterocycles. The smallest absolute Gasteiger partial charge is 0.130 e. The molecule has 0 bridgehead atoms. The molecule has 90 valence electrons. The van der Waals surface area contributed by atoms with E-state index in [0.717, 1.165) is 33.7 Å². The number of fused-ring (bicyclic) bond motifs is 1. The Hall–Kier alpha value is -2.29. The van der Waals surface area contributed by atoms with Crippen LogP contribution in [0.2, 0.25) is 0 Å². The van der Waals surface area contributed by atoms with E-state index in [-0.39, 0.29) is 0 Å². The Morgan fingerprint density at radius 1 is 1.06 bits per heavy atom. The van der Waals surface area contributed by atoms with Crippen LogP contribution in [0.15, 0.2) is 42.5 Å². The fourth-order valence-electron chi connectivity index (χ4n) is 1.99. The summed E-state index contributed by atoms with van der Waals surface area (Å²) in [5.74, 6) is 1.69. The molecule has 3 nitrogen and oxygen atoms in total. The quantitative estimate of drug-likeness (QED) is 0.733. The number of rotatable bonds is 2. The summed E-state index contributed by atoms with van der Waals surface area (Å²) in [6.07, 6.45) is 0. The molecule has 3 rings (SSSR count). The highest BCUT2D eigenvalue weighted by molar-refractivity contribution is 5.82. The highest BCUT2D eigenvalue weighted by atomic mass is 16.5. The molecule has 0 aliphatic heterocycles. The summed E-state index contributed by atoms with van der Waals surface area (Å²) in [6.45, 7) is 4.05. The highest BCUT2D eigenvalue weighted by Crippen LogP contribution is 2.27. The van der Waals surface area contributed by atoms with Crippen molar-refractivity contribution < 1.29 is 4.74 Å². The highest BCUT2D eigenvalue weighted by Gasteiger charge is 2.05. The molecule has 0 aliphatic rings. The Kier molecular flexibility index (Phi) is 2.52. The maximum atomic E-state index is 5.87. The van der Waals surface area contributed by atoms with E-state index in [1.165, 1.54) is 0 Å². The molecule has 18 heavy (non-hydrogen) atoms. The number of benzene rings is 2. The van der Waals surface area contributed by atoms with Crippen molar-refractivity contribution in [3.05, 3.63) is 53.7 Å². The van der Waals surface area contributed by atoms with Crippen LogP contribution in [0.1, 0.15) is 11.3 Å². The molecule has 0 saturated heterocycles. The Morgan fingerprint density at radius 3 is 2.72 bits per heavy atom. The number of nitrogens with one attached hydrogen (secondary N) is 1. The summed E-state index contributed by atoms with van der Waals surface area (Å²) in [5, 5.41) is 8.34. The first kappa shape index (κ1) is 10.8. The number of hydrogen-bond acceptors (Lipinski definition) is 2. The number of ether oxygens (including phenoxy) is 1. The molecular formula is C15H14N2O. The number of aryl methyl sites for hydroxylation is 2. The van der Waals surface area contributed by atoms with Gasteiger partial charge in [0.1, 0.15) is 11.5 Å². The summed E-state index contributed by atoms with van der Waals surface area (Å²) in [4.78, 5) is 0. The summed E-state index contributed by atoms with van der Waals surface area (Å²) in [5.41, 5.74) is 3.13. The van der Waals surface area contributed by atoms with E-state index >= 15 is 0 Å². The van der Waals surface area contributed by atoms with E-state index < -0.39 is 0 Å². The lowest BCUT2D eigenvalue weighted by atomic mass is 10.2. The predicted molar refractivity (Wildman–Crippen MR) is 72.1 cm³/mol. The van der Waals surface area contributed by atoms with Crippen molar-refractivity contribution in [1.29, 1.82) is 0 Å². The fourth-order valence-corrected chi connectivity index (χ4v) is 1.99. The first-order valence-corrected chi connectivity index (χ1v) is 5.92. The lowest BCUT2D eigenvalue weighted by Gasteiger charge is -2.08. The number of H-pyrrole nitrogens is 1. The molecule has 1 heterocycles. The lowest BCUT2D eigenvalue weighted by molar-refractivity contribution is 0.479. The minimum Gasteiger partial charge on any atom is -0.457 e. The Balaban J connectivity index is 1.98. The van der Waals surface area contributed by atoms with Gasteiger partial charge in [0.2, 0.25) is 0 Å². The molecule has 0 spiro atoms. The molecule has 0 fully saturated rings. The van der Waals surface area contributed by atoms with E-state index in [1.54, 1.807) is 0 Å². The van der Waals surface area contributed by atoms with Gasteiger partial charge < -0.3 is 4.74 Å². The maximum Gasteiger partial charge on any atom is 0.130 e. The second-order valence-electron chi connectivity index (χ2n) is 4.40. The maximum absolute atomic E-state index is 5.87. The number of aromatic amines is 1. The lowest BCUT2D eigenvalue weighted by Crippen LogP contribution is -1.86. The number of aromatic nitrogens is 2. The summed E-state index contributed by atoms with van der Waals surface area (Å²) in [7, 11) is 0. The third-order valence-corrected chi connectivity index (χ3v) is 3.04. The third-order valence-electron chi connectivity index (χ3n) is 3.04. The number of hydrogen-bond donors (Lipinski definition) is 1. The summed E-state index contributed by atoms with van der Waals surface area (Å²) in [6, 6.07) is 13.9. The van der Waals surface area contributed by atoms with Crippen LogP contribution in [0.3, 0.4) is 0 Å². The van der Waals surface area contributed by atoms with Gasteiger partial charge in [-0.25, -0.2) is 0 Å². The van der Waals surface area contributed by atoms with E-state index in [2.05, 4.69) is 10.2 Å². The molecule has 0 aliphatic carbocycles. The second-order valence-corrected chi connectivity index (χ2v) is 4.40. The topological polar surface area (TPSA) is 37.9 Å². The molecule has 3 heteroatoms. The SMILES string of the molecule is Cc1ccccc1Oc1ccc2c(C)[nH]nc2c1. The predicted octanol–water partition coefficient (Wildman–Crippen LogP) is 3.97. The summed E-state index contributed by atoms with van der Waals surface area (Å²) < 4.78 is 5.87. The molecule has 0 radical (unpaired) electrons. The monoisotopic (exact) mass is 238 g/mol. The van der Waals surface area contributed by atoms with Crippen molar-refractivity contribution in [2.24, 2.45) is 0 Å². The van der Waals surface area contributed by atoms with Crippen LogP contribution >= 0.6 is 0 Å². The van der Waals surface area contributed by atoms with Gasteiger partial charge in [0, 0.05) is 17.1 Å². The molecule has 1 N–H and O–H groups in total. The van der Waals surface area contributed by atoms with Gasteiger partial charge in [-0.1, -0.05) is 18.2 Å². The fraction of sp³-hybridized carbons (Fsp3) is 0.133. The van der Waals surface area contributed by atoms with Gasteiger partial charge in [0.05, 0.1) is 5.52 Å². The van der Waals surface area contributed by atoms with Gasteiger partial charge in [0.15, 0.2) is 0 Å². The zero-order valence-electron chi connectivity index (χ0n) is 10.4. The zero-order chi connectivity index (χ0) is 12.5. The molecule has 3 aromatic rings.